The summed E-state index contributed by atoms with van der Waals surface area (Å²) in [5.74, 6) is 1.58. The number of ether oxygens (including phenoxy) is 1. The number of aliphatic hydroxyl groups is 1. The lowest BCUT2D eigenvalue weighted by Gasteiger charge is -2.31. The van der Waals surface area contributed by atoms with E-state index in [1.165, 1.54) is 0 Å². The number of methoxy groups -OCH3 is 1. The van der Waals surface area contributed by atoms with Crippen molar-refractivity contribution in [1.29, 1.82) is 0 Å². The number of nitrogens with zero attached hydrogens (tertiary/aromatic N) is 4. The molecule has 29 heavy (non-hydrogen) atoms. The van der Waals surface area contributed by atoms with Crippen LogP contribution < -0.4 is 10.2 Å². The molecule has 8 heteroatoms. The van der Waals surface area contributed by atoms with Crippen LogP contribution in [-0.4, -0.2) is 52.3 Å². The minimum atomic E-state index is -0.998. The van der Waals surface area contributed by atoms with Gasteiger partial charge in [-0.2, -0.15) is 0 Å². The standard InChI is InChI=1S/C21H27N5O3/c1-21(2,28)17-7-5-14(9-22-17)16-10-23-19-20(24-16)26(12-18(27)25-19)11-13-4-6-15(8-13)29-3/h5,7,9-10,13,15,28H,4,6,8,11-12H2,1-3H3,(H,23,25,27)/t13?,15-/m0/s1. The molecule has 4 rings (SSSR count). The highest BCUT2D eigenvalue weighted by Gasteiger charge is 2.31. The Morgan fingerprint density at radius 3 is 2.76 bits per heavy atom. The van der Waals surface area contributed by atoms with Gasteiger partial charge in [-0.15, -0.1) is 0 Å². The van der Waals surface area contributed by atoms with E-state index >= 15 is 0 Å². The second-order valence-electron chi connectivity index (χ2n) is 8.38. The lowest BCUT2D eigenvalue weighted by atomic mass is 10.0. The molecule has 8 nitrogen and oxygen atoms in total. The molecule has 2 atom stereocenters. The smallest absolute Gasteiger partial charge is 0.245 e. The number of nitrogens with one attached hydrogen (secondary N) is 1. The third-order valence-electron chi connectivity index (χ3n) is 5.64. The Hall–Kier alpha value is -2.58. The van der Waals surface area contributed by atoms with Crippen LogP contribution in [0.15, 0.2) is 24.5 Å². The first-order valence-corrected chi connectivity index (χ1v) is 9.97. The van der Waals surface area contributed by atoms with Gasteiger partial charge >= 0.3 is 0 Å². The van der Waals surface area contributed by atoms with Gasteiger partial charge in [0.25, 0.3) is 0 Å². The molecule has 1 saturated carbocycles. The van der Waals surface area contributed by atoms with Crippen LogP contribution in [0.5, 0.6) is 0 Å². The zero-order valence-corrected chi connectivity index (χ0v) is 17.1. The van der Waals surface area contributed by atoms with Gasteiger partial charge < -0.3 is 20.1 Å². The number of pyridine rings is 1. The molecule has 1 aliphatic carbocycles. The number of aromatic nitrogens is 3. The molecule has 0 radical (unpaired) electrons. The fourth-order valence-electron chi connectivity index (χ4n) is 4.03. The van der Waals surface area contributed by atoms with Crippen molar-refractivity contribution in [3.05, 3.63) is 30.2 Å². The van der Waals surface area contributed by atoms with Crippen molar-refractivity contribution < 1.29 is 14.6 Å². The molecule has 3 heterocycles. The third-order valence-corrected chi connectivity index (χ3v) is 5.64. The van der Waals surface area contributed by atoms with Crippen LogP contribution in [0.4, 0.5) is 11.6 Å². The SMILES string of the molecule is CO[C@H]1CCC(CN2CC(=O)Nc3ncc(-c4ccc(C(C)(C)O)nc4)nc32)C1. The molecule has 2 aromatic rings. The molecule has 1 fully saturated rings. The number of carbonyl (C=O) groups excluding carboxylic acids is 1. The molecule has 1 amide bonds. The summed E-state index contributed by atoms with van der Waals surface area (Å²) in [5.41, 5.74) is 1.09. The van der Waals surface area contributed by atoms with E-state index in [0.717, 1.165) is 31.4 Å². The minimum Gasteiger partial charge on any atom is -0.384 e. The summed E-state index contributed by atoms with van der Waals surface area (Å²) >= 11 is 0. The summed E-state index contributed by atoms with van der Waals surface area (Å²) in [4.78, 5) is 27.7. The predicted molar refractivity (Wildman–Crippen MR) is 109 cm³/mol. The van der Waals surface area contributed by atoms with Crippen molar-refractivity contribution in [2.24, 2.45) is 5.92 Å². The Labute approximate surface area is 170 Å². The molecule has 0 bridgehead atoms. The van der Waals surface area contributed by atoms with E-state index in [2.05, 4.69) is 15.3 Å². The van der Waals surface area contributed by atoms with E-state index in [4.69, 9.17) is 9.72 Å². The number of anilines is 2. The highest BCUT2D eigenvalue weighted by molar-refractivity contribution is 5.99. The molecule has 154 valence electrons. The van der Waals surface area contributed by atoms with Crippen molar-refractivity contribution in [2.45, 2.75) is 44.8 Å². The Morgan fingerprint density at radius 2 is 2.10 bits per heavy atom. The second kappa shape index (κ2) is 7.68. The van der Waals surface area contributed by atoms with Gasteiger partial charge in [0, 0.05) is 25.4 Å². The van der Waals surface area contributed by atoms with Crippen LogP contribution >= 0.6 is 0 Å². The quantitative estimate of drug-likeness (QED) is 0.799. The maximum Gasteiger partial charge on any atom is 0.245 e. The average molecular weight is 397 g/mol. The molecule has 2 aliphatic rings. The van der Waals surface area contributed by atoms with Crippen LogP contribution in [0.1, 0.15) is 38.8 Å². The molecule has 1 unspecified atom stereocenters. The monoisotopic (exact) mass is 397 g/mol. The van der Waals surface area contributed by atoms with Crippen molar-refractivity contribution in [1.82, 2.24) is 15.0 Å². The predicted octanol–water partition coefficient (Wildman–Crippen LogP) is 2.34. The largest absolute Gasteiger partial charge is 0.384 e. The topological polar surface area (TPSA) is 100 Å². The van der Waals surface area contributed by atoms with Crippen LogP contribution in [0.2, 0.25) is 0 Å². The van der Waals surface area contributed by atoms with Crippen LogP contribution in [0.25, 0.3) is 11.3 Å². The normalized spacial score (nSPS) is 21.8. The molecule has 0 spiro atoms. The van der Waals surface area contributed by atoms with Gasteiger partial charge in [0.15, 0.2) is 11.6 Å². The fourth-order valence-corrected chi connectivity index (χ4v) is 4.03. The minimum absolute atomic E-state index is 0.0722. The summed E-state index contributed by atoms with van der Waals surface area (Å²) in [5, 5.41) is 12.9. The molecular weight excluding hydrogens is 370 g/mol. The van der Waals surface area contributed by atoms with E-state index in [9.17, 15) is 9.90 Å². The highest BCUT2D eigenvalue weighted by Crippen LogP contribution is 2.33. The molecule has 0 saturated heterocycles. The van der Waals surface area contributed by atoms with E-state index < -0.39 is 5.60 Å². The fraction of sp³-hybridized carbons (Fsp3) is 0.524. The summed E-state index contributed by atoms with van der Waals surface area (Å²) < 4.78 is 5.48. The van der Waals surface area contributed by atoms with E-state index in [1.54, 1.807) is 39.4 Å². The van der Waals surface area contributed by atoms with Gasteiger partial charge in [-0.3, -0.25) is 9.78 Å². The van der Waals surface area contributed by atoms with Gasteiger partial charge in [0.2, 0.25) is 5.91 Å². The first-order valence-electron chi connectivity index (χ1n) is 9.97. The van der Waals surface area contributed by atoms with E-state index in [1.807, 2.05) is 11.0 Å². The van der Waals surface area contributed by atoms with Crippen molar-refractivity contribution >= 4 is 17.5 Å². The van der Waals surface area contributed by atoms with Crippen molar-refractivity contribution in [2.75, 3.05) is 30.4 Å². The van der Waals surface area contributed by atoms with Crippen molar-refractivity contribution in [3.8, 4) is 11.3 Å². The Balaban J connectivity index is 1.59. The average Bonchev–Trinajstić information content (AvgIpc) is 3.15. The zero-order chi connectivity index (χ0) is 20.6. The molecular formula is C21H27N5O3. The molecule has 0 aromatic carbocycles. The number of carbonyl (C=O) groups is 1. The Morgan fingerprint density at radius 1 is 1.28 bits per heavy atom. The summed E-state index contributed by atoms with van der Waals surface area (Å²) in [6.07, 6.45) is 6.77. The van der Waals surface area contributed by atoms with Gasteiger partial charge in [0.05, 0.1) is 30.2 Å². The maximum absolute atomic E-state index is 12.1. The first-order chi connectivity index (χ1) is 13.8. The second-order valence-corrected chi connectivity index (χ2v) is 8.38. The number of hydrogen-bond acceptors (Lipinski definition) is 7. The van der Waals surface area contributed by atoms with Crippen molar-refractivity contribution in [3.63, 3.8) is 0 Å². The summed E-state index contributed by atoms with van der Waals surface area (Å²) in [6.45, 7) is 4.43. The zero-order valence-electron chi connectivity index (χ0n) is 17.1. The Kier molecular flexibility index (Phi) is 5.23. The Bertz CT molecular complexity index is 894. The first kappa shape index (κ1) is 19.7. The lowest BCUT2D eigenvalue weighted by molar-refractivity contribution is -0.115. The summed E-state index contributed by atoms with van der Waals surface area (Å²) in [6, 6.07) is 3.67. The van der Waals surface area contributed by atoms with Gasteiger partial charge in [-0.25, -0.2) is 9.97 Å². The van der Waals surface area contributed by atoms with Gasteiger partial charge in [0.1, 0.15) is 5.60 Å². The maximum atomic E-state index is 12.1. The highest BCUT2D eigenvalue weighted by atomic mass is 16.5. The van der Waals surface area contributed by atoms with Crippen LogP contribution in [0.3, 0.4) is 0 Å². The van der Waals surface area contributed by atoms with Crippen LogP contribution in [-0.2, 0) is 15.1 Å². The third kappa shape index (κ3) is 4.23. The molecule has 2 aromatic heterocycles. The number of amides is 1. The van der Waals surface area contributed by atoms with Gasteiger partial charge in [-0.05, 0) is 51.2 Å². The molecule has 2 N–H and O–H groups in total. The van der Waals surface area contributed by atoms with Crippen LogP contribution in [0, 0.1) is 5.92 Å². The number of rotatable bonds is 5. The number of fused-ring (bicyclic) bond motifs is 1. The van der Waals surface area contributed by atoms with Gasteiger partial charge in [-0.1, -0.05) is 0 Å². The lowest BCUT2D eigenvalue weighted by Crippen LogP contribution is -2.41. The number of hydrogen-bond donors (Lipinski definition) is 2. The molecule has 1 aliphatic heterocycles. The summed E-state index contributed by atoms with van der Waals surface area (Å²) in [7, 11) is 1.76. The van der Waals surface area contributed by atoms with E-state index in [0.29, 0.717) is 35.0 Å². The van der Waals surface area contributed by atoms with E-state index in [-0.39, 0.29) is 12.5 Å².